The summed E-state index contributed by atoms with van der Waals surface area (Å²) in [5, 5.41) is 22.3. The van der Waals surface area contributed by atoms with Crippen LogP contribution >= 0.6 is 15.9 Å². The smallest absolute Gasteiger partial charge is 0.269 e. The first-order chi connectivity index (χ1) is 15.2. The topological polar surface area (TPSA) is 101 Å². The van der Waals surface area contributed by atoms with Crippen molar-refractivity contribution < 1.29 is 19.6 Å². The minimum atomic E-state index is -2.04. The maximum absolute atomic E-state index is 13.4. The van der Waals surface area contributed by atoms with E-state index in [-0.39, 0.29) is 17.8 Å². The summed E-state index contributed by atoms with van der Waals surface area (Å²) < 4.78 is 0.669. The third-order valence-electron chi connectivity index (χ3n) is 5.57. The van der Waals surface area contributed by atoms with Crippen LogP contribution in [0, 0.1) is 17.0 Å². The number of non-ortho nitro benzene ring substituents is 1. The van der Waals surface area contributed by atoms with Gasteiger partial charge in [0.05, 0.1) is 23.6 Å². The summed E-state index contributed by atoms with van der Waals surface area (Å²) >= 11 is 3.37. The molecule has 0 saturated carbocycles. The number of nitro groups is 1. The highest BCUT2D eigenvalue weighted by Gasteiger charge is 2.51. The zero-order chi connectivity index (χ0) is 23.0. The van der Waals surface area contributed by atoms with E-state index in [0.717, 1.165) is 11.1 Å². The first-order valence-corrected chi connectivity index (χ1v) is 10.7. The second kappa shape index (κ2) is 8.29. The number of nitrogens with zero attached hydrogens (tertiary/aromatic N) is 2. The molecule has 1 heterocycles. The highest BCUT2D eigenvalue weighted by atomic mass is 79.9. The van der Waals surface area contributed by atoms with Crippen LogP contribution in [-0.4, -0.2) is 21.7 Å². The number of anilines is 1. The van der Waals surface area contributed by atoms with Crippen molar-refractivity contribution in [2.75, 3.05) is 4.90 Å². The van der Waals surface area contributed by atoms with Crippen LogP contribution in [0.5, 0.6) is 0 Å². The number of nitro benzene ring substituents is 1. The maximum Gasteiger partial charge on any atom is 0.269 e. The number of halogens is 1. The van der Waals surface area contributed by atoms with Gasteiger partial charge < -0.3 is 10.0 Å². The van der Waals surface area contributed by atoms with Gasteiger partial charge in [-0.3, -0.25) is 19.7 Å². The fraction of sp³-hybridized carbons (Fsp3) is 0.167. The summed E-state index contributed by atoms with van der Waals surface area (Å²) in [6.45, 7) is 2.22. The van der Waals surface area contributed by atoms with Crippen LogP contribution < -0.4 is 4.90 Å². The molecule has 1 unspecified atom stereocenters. The Morgan fingerprint density at radius 3 is 2.38 bits per heavy atom. The number of carbonyl (C=O) groups is 2. The number of Topliss-reactive ketones (excluding diaryl/α,β-unsaturated/α-hetero) is 1. The number of amides is 1. The molecule has 1 aliphatic rings. The Balaban J connectivity index is 1.67. The van der Waals surface area contributed by atoms with Gasteiger partial charge in [-0.15, -0.1) is 0 Å². The number of aryl methyl sites for hydroxylation is 1. The second-order valence-electron chi connectivity index (χ2n) is 7.80. The van der Waals surface area contributed by atoms with Gasteiger partial charge >= 0.3 is 0 Å². The minimum Gasteiger partial charge on any atom is -0.375 e. The zero-order valence-corrected chi connectivity index (χ0v) is 18.7. The van der Waals surface area contributed by atoms with Crippen LogP contribution in [0.2, 0.25) is 0 Å². The Morgan fingerprint density at radius 1 is 1.09 bits per heavy atom. The van der Waals surface area contributed by atoms with Gasteiger partial charge in [0.1, 0.15) is 0 Å². The summed E-state index contributed by atoms with van der Waals surface area (Å²) in [5.74, 6) is -1.07. The number of fused-ring (bicyclic) bond motifs is 1. The fourth-order valence-electron chi connectivity index (χ4n) is 3.83. The number of carbonyl (C=O) groups excluding carboxylic acids is 2. The van der Waals surface area contributed by atoms with E-state index in [2.05, 4.69) is 15.9 Å². The number of benzene rings is 3. The van der Waals surface area contributed by atoms with Crippen molar-refractivity contribution in [2.45, 2.75) is 25.5 Å². The van der Waals surface area contributed by atoms with Gasteiger partial charge in [-0.05, 0) is 42.8 Å². The van der Waals surface area contributed by atoms with E-state index >= 15 is 0 Å². The molecule has 1 N–H and O–H groups in total. The minimum absolute atomic E-state index is 0.143. The summed E-state index contributed by atoms with van der Waals surface area (Å²) in [4.78, 5) is 38.1. The molecule has 0 aliphatic carbocycles. The molecule has 1 amide bonds. The predicted octanol–water partition coefficient (Wildman–Crippen LogP) is 4.67. The Bertz CT molecular complexity index is 1220. The molecule has 3 aromatic rings. The van der Waals surface area contributed by atoms with Crippen LogP contribution in [-0.2, 0) is 16.9 Å². The van der Waals surface area contributed by atoms with Gasteiger partial charge in [0, 0.05) is 27.7 Å². The van der Waals surface area contributed by atoms with E-state index in [9.17, 15) is 24.8 Å². The van der Waals surface area contributed by atoms with Crippen molar-refractivity contribution in [2.24, 2.45) is 0 Å². The number of hydrogen-bond donors (Lipinski definition) is 1. The molecule has 0 spiro atoms. The highest BCUT2D eigenvalue weighted by Crippen LogP contribution is 2.44. The molecule has 0 aromatic heterocycles. The number of hydrogen-bond acceptors (Lipinski definition) is 5. The molecule has 3 aromatic carbocycles. The van der Waals surface area contributed by atoms with Gasteiger partial charge in [-0.25, -0.2) is 0 Å². The molecule has 0 radical (unpaired) electrons. The lowest BCUT2D eigenvalue weighted by Crippen LogP contribution is -2.41. The molecule has 1 atom stereocenters. The number of aliphatic hydroxyl groups is 1. The Hall–Kier alpha value is -3.36. The first-order valence-electron chi connectivity index (χ1n) is 9.86. The molecule has 4 rings (SSSR count). The van der Waals surface area contributed by atoms with Gasteiger partial charge in [0.2, 0.25) is 0 Å². The largest absolute Gasteiger partial charge is 0.375 e. The molecule has 0 saturated heterocycles. The van der Waals surface area contributed by atoms with E-state index in [1.165, 1.54) is 29.2 Å². The monoisotopic (exact) mass is 494 g/mol. The number of ketones is 1. The van der Waals surface area contributed by atoms with E-state index in [1.54, 1.807) is 18.2 Å². The van der Waals surface area contributed by atoms with Crippen LogP contribution in [0.25, 0.3) is 0 Å². The van der Waals surface area contributed by atoms with Crippen molar-refractivity contribution in [1.29, 1.82) is 0 Å². The van der Waals surface area contributed by atoms with Crippen molar-refractivity contribution >= 4 is 39.0 Å². The Kier molecular flexibility index (Phi) is 5.66. The van der Waals surface area contributed by atoms with E-state index in [4.69, 9.17) is 0 Å². The normalized spacial score (nSPS) is 17.3. The third kappa shape index (κ3) is 3.94. The quantitative estimate of drug-likeness (QED) is 0.304. The van der Waals surface area contributed by atoms with E-state index < -0.39 is 28.6 Å². The summed E-state index contributed by atoms with van der Waals surface area (Å²) in [6.07, 6.45) is -0.475. The van der Waals surface area contributed by atoms with Gasteiger partial charge in [0.15, 0.2) is 11.4 Å². The van der Waals surface area contributed by atoms with E-state index in [0.29, 0.717) is 15.7 Å². The lowest BCUT2D eigenvalue weighted by atomic mass is 9.88. The van der Waals surface area contributed by atoms with Crippen molar-refractivity contribution in [3.05, 3.63) is 104 Å². The van der Waals surface area contributed by atoms with Crippen molar-refractivity contribution in [1.82, 2.24) is 0 Å². The lowest BCUT2D eigenvalue weighted by molar-refractivity contribution is -0.384. The fourth-order valence-corrected chi connectivity index (χ4v) is 4.19. The SMILES string of the molecule is Cc1ccc(CN2C(=O)C(O)(CC(=O)c3ccc([N+](=O)[O-])cc3)c3cc(Br)ccc32)cc1. The predicted molar refractivity (Wildman–Crippen MR) is 122 cm³/mol. The van der Waals surface area contributed by atoms with Crippen LogP contribution in [0.4, 0.5) is 11.4 Å². The Labute approximate surface area is 192 Å². The molecule has 0 fully saturated rings. The van der Waals surface area contributed by atoms with Crippen LogP contribution in [0.15, 0.2) is 71.2 Å². The molecule has 7 nitrogen and oxygen atoms in total. The van der Waals surface area contributed by atoms with E-state index in [1.807, 2.05) is 31.2 Å². The molecule has 8 heteroatoms. The summed E-state index contributed by atoms with van der Waals surface area (Å²) in [5.41, 5.74) is 0.876. The highest BCUT2D eigenvalue weighted by molar-refractivity contribution is 9.10. The average molecular weight is 495 g/mol. The number of rotatable bonds is 6. The molecule has 0 bridgehead atoms. The maximum atomic E-state index is 13.4. The van der Waals surface area contributed by atoms with Gasteiger partial charge in [-0.1, -0.05) is 45.8 Å². The van der Waals surface area contributed by atoms with Crippen LogP contribution in [0.3, 0.4) is 0 Å². The molecule has 162 valence electrons. The summed E-state index contributed by atoms with van der Waals surface area (Å²) in [6, 6.07) is 18.0. The van der Waals surface area contributed by atoms with Crippen molar-refractivity contribution in [3.8, 4) is 0 Å². The first kappa shape index (κ1) is 21.9. The summed E-state index contributed by atoms with van der Waals surface area (Å²) in [7, 11) is 0. The molecule has 1 aliphatic heterocycles. The van der Waals surface area contributed by atoms with Crippen molar-refractivity contribution in [3.63, 3.8) is 0 Å². The molecular formula is C24H19BrN2O5. The lowest BCUT2D eigenvalue weighted by Gasteiger charge is -2.23. The molecule has 32 heavy (non-hydrogen) atoms. The third-order valence-corrected chi connectivity index (χ3v) is 6.06. The zero-order valence-electron chi connectivity index (χ0n) is 17.1. The average Bonchev–Trinajstić information content (AvgIpc) is 2.96. The van der Waals surface area contributed by atoms with Gasteiger partial charge in [0.25, 0.3) is 11.6 Å². The standard InChI is InChI=1S/C24H19BrN2O5/c1-15-2-4-16(5-3-15)14-26-21-11-8-18(25)12-20(21)24(30,23(26)29)13-22(28)17-6-9-19(10-7-17)27(31)32/h2-12,30H,13-14H2,1H3. The Morgan fingerprint density at radius 2 is 1.75 bits per heavy atom. The molecular weight excluding hydrogens is 476 g/mol. The second-order valence-corrected chi connectivity index (χ2v) is 8.72. The van der Waals surface area contributed by atoms with Gasteiger partial charge in [-0.2, -0.15) is 0 Å². The van der Waals surface area contributed by atoms with Crippen LogP contribution in [0.1, 0.15) is 33.5 Å².